The average Bonchev–Trinajstić information content (AvgIpc) is 2.38. The Bertz CT molecular complexity index is 332. The van der Waals surface area contributed by atoms with E-state index in [4.69, 9.17) is 15.2 Å². The first-order chi connectivity index (χ1) is 8.25. The number of aromatic nitrogens is 1. The van der Waals surface area contributed by atoms with Crippen molar-refractivity contribution in [1.82, 2.24) is 4.98 Å². The van der Waals surface area contributed by atoms with Crippen molar-refractivity contribution in [3.63, 3.8) is 0 Å². The van der Waals surface area contributed by atoms with Crippen LogP contribution in [0.3, 0.4) is 0 Å². The fourth-order valence-corrected chi connectivity index (χ4v) is 1.87. The molecule has 1 fully saturated rings. The summed E-state index contributed by atoms with van der Waals surface area (Å²) >= 11 is 0. The quantitative estimate of drug-likeness (QED) is 0.869. The van der Waals surface area contributed by atoms with Gasteiger partial charge in [0, 0.05) is 12.6 Å². The fourth-order valence-electron chi connectivity index (χ4n) is 1.87. The first kappa shape index (κ1) is 12.3. The van der Waals surface area contributed by atoms with Crippen LogP contribution in [0.2, 0.25) is 0 Å². The van der Waals surface area contributed by atoms with E-state index in [9.17, 15) is 0 Å². The highest BCUT2D eigenvalue weighted by atomic mass is 16.5. The minimum atomic E-state index is -0.0364. The molecule has 2 heterocycles. The molecule has 1 aromatic rings. The maximum atomic E-state index is 5.73. The number of nitrogens with two attached hydrogens (primary N) is 1. The van der Waals surface area contributed by atoms with Gasteiger partial charge in [-0.15, -0.1) is 0 Å². The second kappa shape index (κ2) is 5.98. The van der Waals surface area contributed by atoms with E-state index in [2.05, 4.69) is 4.98 Å². The third-order valence-corrected chi connectivity index (χ3v) is 2.94. The molecule has 2 N–H and O–H groups in total. The van der Waals surface area contributed by atoms with E-state index in [-0.39, 0.29) is 12.1 Å². The van der Waals surface area contributed by atoms with Crippen molar-refractivity contribution >= 4 is 0 Å². The van der Waals surface area contributed by atoms with Crippen molar-refractivity contribution in [1.29, 1.82) is 0 Å². The Labute approximate surface area is 102 Å². The van der Waals surface area contributed by atoms with Crippen LogP contribution in [0.15, 0.2) is 18.3 Å². The van der Waals surface area contributed by atoms with Gasteiger partial charge in [0.1, 0.15) is 12.4 Å². The second-order valence-corrected chi connectivity index (χ2v) is 4.51. The molecule has 0 radical (unpaired) electrons. The first-order valence-electron chi connectivity index (χ1n) is 6.21. The minimum absolute atomic E-state index is 0.0364. The largest absolute Gasteiger partial charge is 0.489 e. The molecule has 2 atom stereocenters. The van der Waals surface area contributed by atoms with Crippen LogP contribution in [0, 0.1) is 0 Å². The molecule has 0 bridgehead atoms. The van der Waals surface area contributed by atoms with Crippen molar-refractivity contribution in [2.24, 2.45) is 5.73 Å². The van der Waals surface area contributed by atoms with Crippen molar-refractivity contribution in [2.45, 2.75) is 38.3 Å². The SMILES string of the molecule is C[C@H](N)c1ccc(OCC2CCCCO2)cn1. The van der Waals surface area contributed by atoms with Gasteiger partial charge in [-0.25, -0.2) is 0 Å². The molecule has 0 aliphatic carbocycles. The van der Waals surface area contributed by atoms with Crippen molar-refractivity contribution in [2.75, 3.05) is 13.2 Å². The van der Waals surface area contributed by atoms with Crippen molar-refractivity contribution < 1.29 is 9.47 Å². The van der Waals surface area contributed by atoms with Gasteiger partial charge < -0.3 is 15.2 Å². The summed E-state index contributed by atoms with van der Waals surface area (Å²) in [6.45, 7) is 3.38. The lowest BCUT2D eigenvalue weighted by molar-refractivity contribution is -0.0111. The molecule has 1 aliphatic rings. The van der Waals surface area contributed by atoms with E-state index in [0.717, 1.165) is 24.5 Å². The molecule has 1 saturated heterocycles. The van der Waals surface area contributed by atoms with Crippen LogP contribution in [-0.2, 0) is 4.74 Å². The van der Waals surface area contributed by atoms with E-state index < -0.39 is 0 Å². The summed E-state index contributed by atoms with van der Waals surface area (Å²) in [6, 6.07) is 3.78. The number of ether oxygens (including phenoxy) is 2. The fraction of sp³-hybridized carbons (Fsp3) is 0.615. The zero-order valence-electron chi connectivity index (χ0n) is 10.3. The molecule has 0 saturated carbocycles. The van der Waals surface area contributed by atoms with Gasteiger partial charge in [-0.2, -0.15) is 0 Å². The molecule has 2 rings (SSSR count). The highest BCUT2D eigenvalue weighted by Crippen LogP contribution is 2.16. The smallest absolute Gasteiger partial charge is 0.137 e. The van der Waals surface area contributed by atoms with Gasteiger partial charge in [-0.1, -0.05) is 0 Å². The Morgan fingerprint density at radius 2 is 2.41 bits per heavy atom. The van der Waals surface area contributed by atoms with E-state index in [1.165, 1.54) is 12.8 Å². The molecule has 1 unspecified atom stereocenters. The minimum Gasteiger partial charge on any atom is -0.489 e. The van der Waals surface area contributed by atoms with Gasteiger partial charge in [0.2, 0.25) is 0 Å². The predicted molar refractivity (Wildman–Crippen MR) is 65.9 cm³/mol. The van der Waals surface area contributed by atoms with E-state index in [1.54, 1.807) is 6.20 Å². The third-order valence-electron chi connectivity index (χ3n) is 2.94. The number of pyridine rings is 1. The van der Waals surface area contributed by atoms with Gasteiger partial charge in [0.25, 0.3) is 0 Å². The average molecular weight is 236 g/mol. The highest BCUT2D eigenvalue weighted by molar-refractivity contribution is 5.21. The Balaban J connectivity index is 1.82. The van der Waals surface area contributed by atoms with Gasteiger partial charge in [0.05, 0.1) is 18.0 Å². The molecular weight excluding hydrogens is 216 g/mol. The molecule has 1 aliphatic heterocycles. The Kier molecular flexibility index (Phi) is 4.34. The van der Waals surface area contributed by atoms with Crippen LogP contribution in [0.4, 0.5) is 0 Å². The normalized spacial score (nSPS) is 22.1. The molecule has 0 aromatic carbocycles. The predicted octanol–water partition coefficient (Wildman–Crippen LogP) is 2.05. The van der Waals surface area contributed by atoms with E-state index in [1.807, 2.05) is 19.1 Å². The zero-order chi connectivity index (χ0) is 12.1. The summed E-state index contributed by atoms with van der Waals surface area (Å²) in [4.78, 5) is 4.25. The maximum Gasteiger partial charge on any atom is 0.137 e. The highest BCUT2D eigenvalue weighted by Gasteiger charge is 2.14. The topological polar surface area (TPSA) is 57.4 Å². The molecule has 17 heavy (non-hydrogen) atoms. The molecule has 0 amide bonds. The maximum absolute atomic E-state index is 5.73. The summed E-state index contributed by atoms with van der Waals surface area (Å²) in [5, 5.41) is 0. The lowest BCUT2D eigenvalue weighted by Crippen LogP contribution is -2.25. The molecule has 0 spiro atoms. The standard InChI is InChI=1S/C13H20N2O2/c1-10(14)13-6-5-11(8-15-13)17-9-12-4-2-3-7-16-12/h5-6,8,10,12H,2-4,7,9,14H2,1H3/t10-,12?/m0/s1. The van der Waals surface area contributed by atoms with Crippen LogP contribution < -0.4 is 10.5 Å². The Morgan fingerprint density at radius 3 is 3.00 bits per heavy atom. The summed E-state index contributed by atoms with van der Waals surface area (Å²) in [5.41, 5.74) is 6.61. The molecule has 94 valence electrons. The molecule has 1 aromatic heterocycles. The van der Waals surface area contributed by atoms with Crippen LogP contribution in [-0.4, -0.2) is 24.3 Å². The van der Waals surface area contributed by atoms with Crippen LogP contribution in [0.1, 0.15) is 37.9 Å². The summed E-state index contributed by atoms with van der Waals surface area (Å²) < 4.78 is 11.2. The van der Waals surface area contributed by atoms with Crippen molar-refractivity contribution in [3.8, 4) is 5.75 Å². The summed E-state index contributed by atoms with van der Waals surface area (Å²) in [5.74, 6) is 0.781. The van der Waals surface area contributed by atoms with Crippen LogP contribution in [0.5, 0.6) is 5.75 Å². The second-order valence-electron chi connectivity index (χ2n) is 4.51. The van der Waals surface area contributed by atoms with Crippen LogP contribution >= 0.6 is 0 Å². The lowest BCUT2D eigenvalue weighted by Gasteiger charge is -2.22. The third kappa shape index (κ3) is 3.68. The van der Waals surface area contributed by atoms with Gasteiger partial charge >= 0.3 is 0 Å². The molecular formula is C13H20N2O2. The Hall–Kier alpha value is -1.13. The van der Waals surface area contributed by atoms with Crippen molar-refractivity contribution in [3.05, 3.63) is 24.0 Å². The van der Waals surface area contributed by atoms with Gasteiger partial charge in [-0.3, -0.25) is 4.98 Å². The van der Waals surface area contributed by atoms with E-state index in [0.29, 0.717) is 6.61 Å². The zero-order valence-corrected chi connectivity index (χ0v) is 10.3. The molecule has 4 nitrogen and oxygen atoms in total. The van der Waals surface area contributed by atoms with Gasteiger partial charge in [0.15, 0.2) is 0 Å². The molecule has 4 heteroatoms. The number of nitrogens with zero attached hydrogens (tertiary/aromatic N) is 1. The van der Waals surface area contributed by atoms with E-state index >= 15 is 0 Å². The van der Waals surface area contributed by atoms with Crippen LogP contribution in [0.25, 0.3) is 0 Å². The summed E-state index contributed by atoms with van der Waals surface area (Å²) in [6.07, 6.45) is 5.45. The van der Waals surface area contributed by atoms with Gasteiger partial charge in [-0.05, 0) is 38.3 Å². The number of rotatable bonds is 4. The number of hydrogen-bond acceptors (Lipinski definition) is 4. The first-order valence-corrected chi connectivity index (χ1v) is 6.21. The summed E-state index contributed by atoms with van der Waals surface area (Å²) in [7, 11) is 0. The monoisotopic (exact) mass is 236 g/mol. The Morgan fingerprint density at radius 1 is 1.53 bits per heavy atom. The lowest BCUT2D eigenvalue weighted by atomic mass is 10.1. The number of hydrogen-bond donors (Lipinski definition) is 1.